The molecule has 336 valence electrons. The van der Waals surface area contributed by atoms with Crippen LogP contribution in [-0.2, 0) is 38.4 Å². The number of nitriles is 1. The van der Waals surface area contributed by atoms with E-state index in [1.807, 2.05) is 83.8 Å². The zero-order valence-corrected chi connectivity index (χ0v) is 38.0. The number of nitrogens with zero attached hydrogens (tertiary/aromatic N) is 3. The summed E-state index contributed by atoms with van der Waals surface area (Å²) in [5, 5.41) is 22.0. The zero-order chi connectivity index (χ0) is 44.6. The Bertz CT molecular complexity index is 1900. The van der Waals surface area contributed by atoms with Crippen molar-refractivity contribution >= 4 is 20.3 Å². The molecule has 0 radical (unpaired) electrons. The molecule has 17 heteroatoms. The molecule has 0 bridgehead atoms. The van der Waals surface area contributed by atoms with Crippen molar-refractivity contribution < 1.29 is 42.3 Å². The predicted octanol–water partition coefficient (Wildman–Crippen LogP) is 4.75. The smallest absolute Gasteiger partial charge is 0.259 e. The molecule has 0 spiro atoms. The summed E-state index contributed by atoms with van der Waals surface area (Å²) in [5.41, 5.74) is 1.39. The number of hydrogen-bond acceptors (Lipinski definition) is 14. The first-order valence-electron chi connectivity index (χ1n) is 21.1. The minimum absolute atomic E-state index is 0.00898. The maximum atomic E-state index is 13.5. The molecule has 3 heterocycles. The fourth-order valence-electron chi connectivity index (χ4n) is 8.28. The normalized spacial score (nSPS) is 24.6. The SMILES string of the molecule is COc1ccc(C(OC[C@H]2O[C@@H](N3CNC4C(=O)NC(NC(=O)C(C)C)NC43)[C@H](OC)[C@@H]2OP(OCCC#N)N(C(C)C)C(C)C)(c2ccccc2)c2ccc(OC)cc2)cc1. The summed E-state index contributed by atoms with van der Waals surface area (Å²) >= 11 is 0. The van der Waals surface area contributed by atoms with E-state index in [1.165, 1.54) is 0 Å². The van der Waals surface area contributed by atoms with Crippen LogP contribution >= 0.6 is 8.53 Å². The number of carbonyl (C=O) groups is 2. The first-order valence-corrected chi connectivity index (χ1v) is 22.3. The maximum absolute atomic E-state index is 13.5. The molecule has 4 unspecified atom stereocenters. The standard InChI is InChI=1S/C45H62N7O9P/c1-28(2)41(53)49-44-48-40-37(42(54)50-44)47-27-51(40)43-39(57-9)38(61-62(59-25-13-24-46)52(29(3)4)30(5)6)36(60-43)26-58-45(31-14-11-10-12-15-31,32-16-20-34(55-7)21-17-32)33-18-22-35(56-8)23-19-33/h10-12,14-23,28-30,36-40,43-44,47-48H,13,25-27H2,1-9H3,(H,49,53)(H,50,54)/t36-,37?,38-,39-,40?,43-,44?,62?/m1/s1. The fourth-order valence-corrected chi connectivity index (χ4v) is 10.0. The van der Waals surface area contributed by atoms with Crippen molar-refractivity contribution in [2.45, 2.75) is 109 Å². The lowest BCUT2D eigenvalue weighted by Gasteiger charge is -2.40. The third kappa shape index (κ3) is 10.2. The number of benzene rings is 3. The molecule has 0 aromatic heterocycles. The van der Waals surface area contributed by atoms with Crippen molar-refractivity contribution in [2.75, 3.05) is 41.2 Å². The Kier molecular flexibility index (Phi) is 16.3. The molecule has 3 aromatic rings. The highest BCUT2D eigenvalue weighted by Crippen LogP contribution is 2.51. The van der Waals surface area contributed by atoms with E-state index in [0.29, 0.717) is 11.5 Å². The van der Waals surface area contributed by atoms with Crippen molar-refractivity contribution in [2.24, 2.45) is 5.92 Å². The van der Waals surface area contributed by atoms with Crippen LogP contribution in [0.5, 0.6) is 11.5 Å². The van der Waals surface area contributed by atoms with Crippen LogP contribution in [0.2, 0.25) is 0 Å². The molecule has 4 N–H and O–H groups in total. The zero-order valence-electron chi connectivity index (χ0n) is 37.1. The first-order chi connectivity index (χ1) is 29.9. The first kappa shape index (κ1) is 47.2. The van der Waals surface area contributed by atoms with E-state index < -0.39 is 57.2 Å². The molecular weight excluding hydrogens is 814 g/mol. The summed E-state index contributed by atoms with van der Waals surface area (Å²) in [6.45, 7) is 12.3. The Morgan fingerprint density at radius 2 is 1.52 bits per heavy atom. The van der Waals surface area contributed by atoms with Crippen molar-refractivity contribution in [1.82, 2.24) is 30.8 Å². The second-order valence-electron chi connectivity index (χ2n) is 16.3. The van der Waals surface area contributed by atoms with Gasteiger partial charge < -0.3 is 43.4 Å². The van der Waals surface area contributed by atoms with E-state index in [4.69, 9.17) is 32.7 Å². The van der Waals surface area contributed by atoms with Gasteiger partial charge in [0.2, 0.25) is 11.8 Å². The van der Waals surface area contributed by atoms with E-state index in [0.717, 1.165) is 16.7 Å². The van der Waals surface area contributed by atoms with Crippen LogP contribution in [0, 0.1) is 17.2 Å². The summed E-state index contributed by atoms with van der Waals surface area (Å²) in [6, 6.07) is 27.2. The number of amides is 2. The highest BCUT2D eigenvalue weighted by molar-refractivity contribution is 7.44. The molecule has 3 aliphatic rings. The van der Waals surface area contributed by atoms with Crippen LogP contribution < -0.4 is 30.7 Å². The van der Waals surface area contributed by atoms with E-state index in [-0.39, 0.29) is 56.1 Å². The van der Waals surface area contributed by atoms with Gasteiger partial charge in [-0.15, -0.1) is 0 Å². The van der Waals surface area contributed by atoms with Crippen molar-refractivity contribution in [3.05, 3.63) is 95.6 Å². The van der Waals surface area contributed by atoms with Crippen LogP contribution in [0.1, 0.15) is 64.7 Å². The summed E-state index contributed by atoms with van der Waals surface area (Å²) in [7, 11) is 3.11. The average Bonchev–Trinajstić information content (AvgIpc) is 3.85. The van der Waals surface area contributed by atoms with Crippen molar-refractivity contribution in [3.63, 3.8) is 0 Å². The summed E-state index contributed by atoms with van der Waals surface area (Å²) in [6.07, 6.45) is -4.25. The highest BCUT2D eigenvalue weighted by atomic mass is 31.2. The predicted molar refractivity (Wildman–Crippen MR) is 233 cm³/mol. The van der Waals surface area contributed by atoms with Crippen LogP contribution in [0.3, 0.4) is 0 Å². The van der Waals surface area contributed by atoms with Crippen LogP contribution in [-0.4, -0.2) is 118 Å². The van der Waals surface area contributed by atoms with E-state index in [1.54, 1.807) is 35.2 Å². The van der Waals surface area contributed by atoms with Gasteiger partial charge in [0.1, 0.15) is 47.7 Å². The molecule has 16 nitrogen and oxygen atoms in total. The molecule has 0 aliphatic carbocycles. The van der Waals surface area contributed by atoms with Crippen LogP contribution in [0.15, 0.2) is 78.9 Å². The third-order valence-corrected chi connectivity index (χ3v) is 13.4. The van der Waals surface area contributed by atoms with Gasteiger partial charge in [-0.1, -0.05) is 68.4 Å². The topological polar surface area (TPSA) is 177 Å². The van der Waals surface area contributed by atoms with E-state index in [9.17, 15) is 14.9 Å². The fraction of sp³-hybridized carbons (Fsp3) is 0.533. The Morgan fingerprint density at radius 3 is 2.05 bits per heavy atom. The molecule has 2 amide bonds. The summed E-state index contributed by atoms with van der Waals surface area (Å²) in [5.74, 6) is 0.621. The largest absolute Gasteiger partial charge is 0.497 e. The molecule has 6 rings (SSSR count). The van der Waals surface area contributed by atoms with Gasteiger partial charge in [-0.2, -0.15) is 5.26 Å². The highest BCUT2D eigenvalue weighted by Gasteiger charge is 2.56. The Labute approximate surface area is 366 Å². The molecule has 62 heavy (non-hydrogen) atoms. The molecule has 3 aromatic carbocycles. The Balaban J connectivity index is 1.43. The van der Waals surface area contributed by atoms with Crippen molar-refractivity contribution in [1.29, 1.82) is 5.26 Å². The number of methoxy groups -OCH3 is 3. The van der Waals surface area contributed by atoms with Gasteiger partial charge in [0.05, 0.1) is 52.8 Å². The quantitative estimate of drug-likeness (QED) is 0.0696. The van der Waals surface area contributed by atoms with Gasteiger partial charge in [-0.05, 0) is 68.7 Å². The minimum Gasteiger partial charge on any atom is -0.497 e. The lowest BCUT2D eigenvalue weighted by molar-refractivity contribution is -0.141. The second kappa shape index (κ2) is 21.4. The molecule has 3 fully saturated rings. The number of ether oxygens (including phenoxy) is 5. The minimum atomic E-state index is -1.77. The maximum Gasteiger partial charge on any atom is 0.259 e. The van der Waals surface area contributed by atoms with Crippen LogP contribution in [0.4, 0.5) is 0 Å². The second-order valence-corrected chi connectivity index (χ2v) is 17.7. The molecule has 0 saturated carbocycles. The van der Waals surface area contributed by atoms with Crippen molar-refractivity contribution in [3.8, 4) is 17.6 Å². The van der Waals surface area contributed by atoms with Gasteiger partial charge in [0, 0.05) is 25.1 Å². The van der Waals surface area contributed by atoms with Gasteiger partial charge in [-0.3, -0.25) is 20.2 Å². The van der Waals surface area contributed by atoms with E-state index >= 15 is 0 Å². The van der Waals surface area contributed by atoms with Crippen LogP contribution in [0.25, 0.3) is 0 Å². The summed E-state index contributed by atoms with van der Waals surface area (Å²) in [4.78, 5) is 28.2. The monoisotopic (exact) mass is 875 g/mol. The van der Waals surface area contributed by atoms with E-state index in [2.05, 4.69) is 59.7 Å². The molecule has 3 saturated heterocycles. The Morgan fingerprint density at radius 1 is 0.919 bits per heavy atom. The molecule has 3 aliphatic heterocycles. The Hall–Kier alpha value is -4.24. The van der Waals surface area contributed by atoms with Gasteiger partial charge >= 0.3 is 0 Å². The number of fused-ring (bicyclic) bond motifs is 1. The molecule has 8 atom stereocenters. The lowest BCUT2D eigenvalue weighted by atomic mass is 9.80. The summed E-state index contributed by atoms with van der Waals surface area (Å²) < 4.78 is 47.7. The van der Waals surface area contributed by atoms with Gasteiger partial charge in [0.15, 0.2) is 6.29 Å². The number of rotatable bonds is 20. The van der Waals surface area contributed by atoms with Gasteiger partial charge in [0.25, 0.3) is 8.53 Å². The number of nitrogens with one attached hydrogen (secondary N) is 4. The van der Waals surface area contributed by atoms with Gasteiger partial charge in [-0.25, -0.2) is 9.57 Å². The average molecular weight is 876 g/mol. The third-order valence-electron chi connectivity index (χ3n) is 11.3. The number of carbonyl (C=O) groups excluding carboxylic acids is 2. The number of hydrogen-bond donors (Lipinski definition) is 4. The molecular formula is C45H62N7O9P. The lowest BCUT2D eigenvalue weighted by Crippen LogP contribution is -2.72.